The van der Waals surface area contributed by atoms with Gasteiger partial charge in [-0.3, -0.25) is 4.90 Å². The lowest BCUT2D eigenvalue weighted by Crippen LogP contribution is -2.50. The molecule has 0 aromatic rings. The number of likely N-dealkylation sites (N-methyl/N-ethyl adjacent to an activating group) is 1. The predicted molar refractivity (Wildman–Crippen MR) is 69.7 cm³/mol. The Balaban J connectivity index is 1.92. The number of likely N-dealkylation sites (tertiary alicyclic amines) is 1. The van der Waals surface area contributed by atoms with Crippen molar-refractivity contribution in [2.75, 3.05) is 20.1 Å². The summed E-state index contributed by atoms with van der Waals surface area (Å²) in [6.45, 7) is 7.17. The van der Waals surface area contributed by atoms with Crippen molar-refractivity contribution in [3.05, 3.63) is 0 Å². The molecule has 94 valence electrons. The van der Waals surface area contributed by atoms with Crippen LogP contribution in [0.2, 0.25) is 0 Å². The summed E-state index contributed by atoms with van der Waals surface area (Å²) in [7, 11) is 2.08. The van der Waals surface area contributed by atoms with Crippen LogP contribution in [0.15, 0.2) is 0 Å². The average Bonchev–Trinajstić information content (AvgIpc) is 2.86. The summed E-state index contributed by atoms with van der Waals surface area (Å²) in [6.07, 6.45) is 8.79. The predicted octanol–water partition coefficient (Wildman–Crippen LogP) is 2.64. The van der Waals surface area contributed by atoms with Gasteiger partial charge in [0.15, 0.2) is 0 Å². The Bertz CT molecular complexity index is 219. The van der Waals surface area contributed by atoms with Crippen molar-refractivity contribution < 1.29 is 0 Å². The van der Waals surface area contributed by atoms with Gasteiger partial charge in [-0.2, -0.15) is 0 Å². The van der Waals surface area contributed by atoms with Gasteiger partial charge in [0.25, 0.3) is 0 Å². The van der Waals surface area contributed by atoms with Gasteiger partial charge in [0.1, 0.15) is 0 Å². The third-order valence-electron chi connectivity index (χ3n) is 4.63. The lowest BCUT2D eigenvalue weighted by atomic mass is 9.94. The molecule has 2 heteroatoms. The van der Waals surface area contributed by atoms with Crippen molar-refractivity contribution in [2.24, 2.45) is 5.92 Å². The van der Waals surface area contributed by atoms with Crippen LogP contribution in [-0.4, -0.2) is 36.6 Å². The molecule has 2 rings (SSSR count). The molecule has 1 N–H and O–H groups in total. The number of rotatable bonds is 4. The lowest BCUT2D eigenvalue weighted by Gasteiger charge is -2.36. The molecular formula is C14H28N2. The highest BCUT2D eigenvalue weighted by Gasteiger charge is 2.35. The highest BCUT2D eigenvalue weighted by Crippen LogP contribution is 2.35. The molecule has 1 saturated carbocycles. The van der Waals surface area contributed by atoms with Crippen LogP contribution in [0.3, 0.4) is 0 Å². The zero-order valence-corrected chi connectivity index (χ0v) is 11.3. The van der Waals surface area contributed by atoms with Crippen LogP contribution >= 0.6 is 0 Å². The maximum atomic E-state index is 3.44. The number of hydrogen-bond donors (Lipinski definition) is 1. The first-order valence-corrected chi connectivity index (χ1v) is 7.05. The van der Waals surface area contributed by atoms with Crippen LogP contribution in [0.5, 0.6) is 0 Å². The highest BCUT2D eigenvalue weighted by molar-refractivity contribution is 4.91. The second-order valence-corrected chi connectivity index (χ2v) is 6.36. The van der Waals surface area contributed by atoms with Gasteiger partial charge in [0, 0.05) is 18.1 Å². The monoisotopic (exact) mass is 224 g/mol. The van der Waals surface area contributed by atoms with E-state index in [0.717, 1.165) is 12.0 Å². The van der Waals surface area contributed by atoms with Gasteiger partial charge in [-0.1, -0.05) is 12.8 Å². The fourth-order valence-corrected chi connectivity index (χ4v) is 3.51. The van der Waals surface area contributed by atoms with Crippen LogP contribution in [0.4, 0.5) is 0 Å². The minimum atomic E-state index is 0.265. The lowest BCUT2D eigenvalue weighted by molar-refractivity contribution is 0.150. The molecule has 1 atom stereocenters. The molecule has 2 nitrogen and oxygen atoms in total. The van der Waals surface area contributed by atoms with Crippen molar-refractivity contribution in [3.63, 3.8) is 0 Å². The van der Waals surface area contributed by atoms with E-state index in [-0.39, 0.29) is 5.54 Å². The summed E-state index contributed by atoms with van der Waals surface area (Å²) in [6, 6.07) is 0.898. The second-order valence-electron chi connectivity index (χ2n) is 6.36. The third-order valence-corrected chi connectivity index (χ3v) is 4.63. The number of nitrogens with zero attached hydrogens (tertiary/aromatic N) is 1. The van der Waals surface area contributed by atoms with Crippen molar-refractivity contribution in [2.45, 2.75) is 64.0 Å². The van der Waals surface area contributed by atoms with Crippen LogP contribution in [0, 0.1) is 5.92 Å². The molecule has 0 aromatic carbocycles. The fraction of sp³-hybridized carbons (Fsp3) is 1.00. The topological polar surface area (TPSA) is 15.3 Å². The Morgan fingerprint density at radius 1 is 1.12 bits per heavy atom. The summed E-state index contributed by atoms with van der Waals surface area (Å²) in [5, 5.41) is 3.44. The molecule has 16 heavy (non-hydrogen) atoms. The Kier molecular flexibility index (Phi) is 3.91. The average molecular weight is 224 g/mol. The molecule has 0 aromatic heterocycles. The molecule has 0 spiro atoms. The van der Waals surface area contributed by atoms with Gasteiger partial charge < -0.3 is 5.32 Å². The van der Waals surface area contributed by atoms with E-state index in [4.69, 9.17) is 0 Å². The maximum absolute atomic E-state index is 3.44. The molecule has 0 radical (unpaired) electrons. The Morgan fingerprint density at radius 2 is 1.81 bits per heavy atom. The standard InChI is InChI=1S/C14H28N2/c1-14(2,15-3)11-16-10-6-9-13(16)12-7-4-5-8-12/h12-13,15H,4-11H2,1-3H3. The van der Waals surface area contributed by atoms with Gasteiger partial charge in [-0.05, 0) is 59.0 Å². The quantitative estimate of drug-likeness (QED) is 0.790. The molecular weight excluding hydrogens is 196 g/mol. The van der Waals surface area contributed by atoms with Crippen LogP contribution in [-0.2, 0) is 0 Å². The molecule has 0 amide bonds. The fourth-order valence-electron chi connectivity index (χ4n) is 3.51. The summed E-state index contributed by atoms with van der Waals surface area (Å²) >= 11 is 0. The van der Waals surface area contributed by atoms with Crippen molar-refractivity contribution in [1.82, 2.24) is 10.2 Å². The van der Waals surface area contributed by atoms with Crippen LogP contribution < -0.4 is 5.32 Å². The normalized spacial score (nSPS) is 29.1. The summed E-state index contributed by atoms with van der Waals surface area (Å²) in [4.78, 5) is 2.76. The molecule has 2 aliphatic rings. The van der Waals surface area contributed by atoms with E-state index in [1.54, 1.807) is 0 Å². The van der Waals surface area contributed by atoms with Gasteiger partial charge in [0.05, 0.1) is 0 Å². The molecule has 1 heterocycles. The summed E-state index contributed by atoms with van der Waals surface area (Å²) in [5.74, 6) is 1.01. The first-order valence-electron chi connectivity index (χ1n) is 7.05. The number of hydrogen-bond acceptors (Lipinski definition) is 2. The molecule has 1 unspecified atom stereocenters. The number of nitrogens with one attached hydrogen (secondary N) is 1. The van der Waals surface area contributed by atoms with Crippen molar-refractivity contribution in [1.29, 1.82) is 0 Å². The van der Waals surface area contributed by atoms with Crippen molar-refractivity contribution >= 4 is 0 Å². The van der Waals surface area contributed by atoms with E-state index in [1.807, 2.05) is 0 Å². The minimum Gasteiger partial charge on any atom is -0.314 e. The zero-order valence-electron chi connectivity index (χ0n) is 11.3. The SMILES string of the molecule is CNC(C)(C)CN1CCCC1C1CCCC1. The van der Waals surface area contributed by atoms with E-state index >= 15 is 0 Å². The first kappa shape index (κ1) is 12.4. The van der Waals surface area contributed by atoms with Gasteiger partial charge in [0.2, 0.25) is 0 Å². The molecule has 2 fully saturated rings. The first-order chi connectivity index (χ1) is 7.62. The van der Waals surface area contributed by atoms with E-state index in [0.29, 0.717) is 0 Å². The van der Waals surface area contributed by atoms with Crippen LogP contribution in [0.25, 0.3) is 0 Å². The highest BCUT2D eigenvalue weighted by atomic mass is 15.2. The summed E-state index contributed by atoms with van der Waals surface area (Å²) in [5.41, 5.74) is 0.265. The van der Waals surface area contributed by atoms with Crippen LogP contribution in [0.1, 0.15) is 52.4 Å². The largest absolute Gasteiger partial charge is 0.314 e. The molecule has 1 saturated heterocycles. The zero-order chi connectivity index (χ0) is 11.6. The maximum Gasteiger partial charge on any atom is 0.0249 e. The van der Waals surface area contributed by atoms with E-state index < -0.39 is 0 Å². The molecule has 0 bridgehead atoms. The van der Waals surface area contributed by atoms with Gasteiger partial charge in [-0.25, -0.2) is 0 Å². The molecule has 1 aliphatic carbocycles. The Hall–Kier alpha value is -0.0800. The third kappa shape index (κ3) is 2.78. The minimum absolute atomic E-state index is 0.265. The summed E-state index contributed by atoms with van der Waals surface area (Å²) < 4.78 is 0. The van der Waals surface area contributed by atoms with Gasteiger partial charge >= 0.3 is 0 Å². The van der Waals surface area contributed by atoms with Gasteiger partial charge in [-0.15, -0.1) is 0 Å². The second kappa shape index (κ2) is 5.05. The van der Waals surface area contributed by atoms with E-state index in [2.05, 4.69) is 31.1 Å². The van der Waals surface area contributed by atoms with E-state index in [1.165, 1.54) is 51.6 Å². The smallest absolute Gasteiger partial charge is 0.0249 e. The van der Waals surface area contributed by atoms with E-state index in [9.17, 15) is 0 Å². The Morgan fingerprint density at radius 3 is 2.44 bits per heavy atom. The van der Waals surface area contributed by atoms with Crippen molar-refractivity contribution in [3.8, 4) is 0 Å². The molecule has 1 aliphatic heterocycles. The Labute approximate surface area is 101 Å².